The Kier molecular flexibility index (Phi) is 8.81. The minimum atomic E-state index is -2.39. The number of fused-ring (bicyclic) bond motifs is 1. The Morgan fingerprint density at radius 3 is 2.19 bits per heavy atom. The summed E-state index contributed by atoms with van der Waals surface area (Å²) >= 11 is 0. The lowest BCUT2D eigenvalue weighted by molar-refractivity contribution is -0.144. The van der Waals surface area contributed by atoms with Crippen molar-refractivity contribution in [2.75, 3.05) is 26.9 Å². The number of hydrogen-bond donors (Lipinski definition) is 0. The average molecular weight is 530 g/mol. The number of benzene rings is 2. The van der Waals surface area contributed by atoms with Crippen molar-refractivity contribution in [3.05, 3.63) is 68.8 Å². The summed E-state index contributed by atoms with van der Waals surface area (Å²) in [6.45, 7) is 0.596. The predicted octanol–water partition coefficient (Wildman–Crippen LogP) is 3.90. The van der Waals surface area contributed by atoms with Crippen LogP contribution in [-0.4, -0.2) is 38.9 Å². The molecule has 1 heterocycles. The van der Waals surface area contributed by atoms with Crippen LogP contribution < -0.4 is 15.1 Å². The lowest BCUT2D eigenvalue weighted by Crippen LogP contribution is -2.20. The van der Waals surface area contributed by atoms with Gasteiger partial charge < -0.3 is 23.4 Å². The van der Waals surface area contributed by atoms with Gasteiger partial charge in [-0.2, -0.15) is 8.78 Å². The Bertz CT molecular complexity index is 1370. The second-order valence-corrected chi connectivity index (χ2v) is 7.58. The fraction of sp³-hybridized carbons (Fsp3) is 0.292. The zero-order valence-electron chi connectivity index (χ0n) is 19.4. The smallest absolute Gasteiger partial charge is 0.349 e. The Morgan fingerprint density at radius 2 is 1.54 bits per heavy atom. The highest BCUT2D eigenvalue weighted by molar-refractivity contribution is 5.84. The van der Waals surface area contributed by atoms with Gasteiger partial charge in [0.05, 0.1) is 6.61 Å². The van der Waals surface area contributed by atoms with E-state index in [0.717, 1.165) is 0 Å². The minimum Gasteiger partial charge on any atom is -0.476 e. The molecule has 0 fully saturated rings. The van der Waals surface area contributed by atoms with Gasteiger partial charge in [-0.1, -0.05) is 0 Å². The topological polar surface area (TPSA) is 101 Å². The molecular weight excluding hydrogens is 511 g/mol. The molecule has 37 heavy (non-hydrogen) atoms. The molecule has 13 heteroatoms. The van der Waals surface area contributed by atoms with Gasteiger partial charge in [0, 0.05) is 31.0 Å². The summed E-state index contributed by atoms with van der Waals surface area (Å²) in [6, 6.07) is 3.92. The third kappa shape index (κ3) is 6.42. The van der Waals surface area contributed by atoms with E-state index < -0.39 is 59.0 Å². The summed E-state index contributed by atoms with van der Waals surface area (Å²) in [6.07, 6.45) is -0.141. The quantitative estimate of drug-likeness (QED) is 0.0740. The first-order valence-electron chi connectivity index (χ1n) is 10.6. The molecule has 0 atom stereocenters. The zero-order chi connectivity index (χ0) is 27.3. The Balaban J connectivity index is 1.83. The molecule has 0 unspecified atom stereocenters. The first-order chi connectivity index (χ1) is 17.5. The fourth-order valence-corrected chi connectivity index (χ4v) is 3.22. The van der Waals surface area contributed by atoms with Crippen molar-refractivity contribution in [1.29, 1.82) is 0 Å². The monoisotopic (exact) mass is 530 g/mol. The first kappa shape index (κ1) is 27.6. The maximum Gasteiger partial charge on any atom is 0.349 e. The van der Waals surface area contributed by atoms with Crippen molar-refractivity contribution in [2.45, 2.75) is 19.8 Å². The van der Waals surface area contributed by atoms with Crippen molar-refractivity contribution in [3.8, 4) is 11.5 Å². The molecule has 2 aromatic carbocycles. The van der Waals surface area contributed by atoms with Crippen LogP contribution in [0.3, 0.4) is 0 Å². The van der Waals surface area contributed by atoms with Gasteiger partial charge in [0.2, 0.25) is 29.1 Å². The van der Waals surface area contributed by atoms with Crippen LogP contribution in [0.2, 0.25) is 0 Å². The van der Waals surface area contributed by atoms with Crippen molar-refractivity contribution < 1.29 is 54.9 Å². The Labute approximate surface area is 205 Å². The summed E-state index contributed by atoms with van der Waals surface area (Å²) in [4.78, 5) is 36.0. The first-order valence-corrected chi connectivity index (χ1v) is 10.6. The van der Waals surface area contributed by atoms with E-state index in [4.69, 9.17) is 18.6 Å². The van der Waals surface area contributed by atoms with Crippen LogP contribution in [0.5, 0.6) is 11.5 Å². The van der Waals surface area contributed by atoms with Gasteiger partial charge in [-0.15, -0.1) is 0 Å². The van der Waals surface area contributed by atoms with Crippen LogP contribution in [0.4, 0.5) is 22.0 Å². The molecule has 0 aliphatic heterocycles. The summed E-state index contributed by atoms with van der Waals surface area (Å²) in [5.41, 5.74) is 0.159. The zero-order valence-corrected chi connectivity index (χ0v) is 19.4. The van der Waals surface area contributed by atoms with Crippen LogP contribution in [0.1, 0.15) is 17.5 Å². The SMILES string of the molecule is COCCOC(=O)CCc1cc2c(C)cc(=O)oc2cc1OC(=O)COc1c(F)c(F)c(F)c(F)c1F. The van der Waals surface area contributed by atoms with Gasteiger partial charge in [-0.3, -0.25) is 4.79 Å². The van der Waals surface area contributed by atoms with Gasteiger partial charge in [0.1, 0.15) is 17.9 Å². The van der Waals surface area contributed by atoms with Crippen LogP contribution in [0.15, 0.2) is 27.4 Å². The molecule has 1 aromatic heterocycles. The Hall–Kier alpha value is -4.00. The molecular formula is C24H19F5O8. The lowest BCUT2D eigenvalue weighted by Gasteiger charge is -2.13. The van der Waals surface area contributed by atoms with Crippen molar-refractivity contribution in [2.24, 2.45) is 0 Å². The molecule has 0 saturated carbocycles. The van der Waals surface area contributed by atoms with Gasteiger partial charge >= 0.3 is 17.6 Å². The number of methoxy groups -OCH3 is 1. The number of carbonyl (C=O) groups is 2. The predicted molar refractivity (Wildman–Crippen MR) is 116 cm³/mol. The molecule has 0 bridgehead atoms. The van der Waals surface area contributed by atoms with Crippen molar-refractivity contribution in [3.63, 3.8) is 0 Å². The average Bonchev–Trinajstić information content (AvgIpc) is 2.85. The van der Waals surface area contributed by atoms with E-state index in [1.54, 1.807) is 6.92 Å². The van der Waals surface area contributed by atoms with Gasteiger partial charge in [0.25, 0.3) is 0 Å². The third-order valence-electron chi connectivity index (χ3n) is 5.01. The minimum absolute atomic E-state index is 0.00142. The van der Waals surface area contributed by atoms with Crippen LogP contribution in [0.25, 0.3) is 11.0 Å². The molecule has 0 saturated heterocycles. The fourth-order valence-electron chi connectivity index (χ4n) is 3.22. The van der Waals surface area contributed by atoms with Gasteiger partial charge in [-0.05, 0) is 30.5 Å². The van der Waals surface area contributed by atoms with Crippen molar-refractivity contribution in [1.82, 2.24) is 0 Å². The normalized spacial score (nSPS) is 11.0. The maximum atomic E-state index is 13.8. The van der Waals surface area contributed by atoms with E-state index in [1.165, 1.54) is 25.3 Å². The number of hydrogen-bond acceptors (Lipinski definition) is 8. The third-order valence-corrected chi connectivity index (χ3v) is 5.01. The molecule has 0 radical (unpaired) electrons. The largest absolute Gasteiger partial charge is 0.476 e. The second kappa shape index (κ2) is 11.8. The summed E-state index contributed by atoms with van der Waals surface area (Å²) in [5, 5.41) is 0.472. The number of aryl methyl sites for hydroxylation is 2. The van der Waals surface area contributed by atoms with E-state index in [1.807, 2.05) is 0 Å². The summed E-state index contributed by atoms with van der Waals surface area (Å²) in [7, 11) is 1.43. The van der Waals surface area contributed by atoms with Gasteiger partial charge in [0.15, 0.2) is 12.4 Å². The highest BCUT2D eigenvalue weighted by atomic mass is 19.2. The molecule has 3 rings (SSSR count). The molecule has 3 aromatic rings. The molecule has 0 spiro atoms. The second-order valence-electron chi connectivity index (χ2n) is 7.58. The van der Waals surface area contributed by atoms with E-state index >= 15 is 0 Å². The maximum absolute atomic E-state index is 13.8. The molecule has 0 aliphatic carbocycles. The van der Waals surface area contributed by atoms with E-state index in [-0.39, 0.29) is 43.0 Å². The lowest BCUT2D eigenvalue weighted by atomic mass is 10.0. The van der Waals surface area contributed by atoms with Gasteiger partial charge in [-0.25, -0.2) is 22.8 Å². The van der Waals surface area contributed by atoms with E-state index in [0.29, 0.717) is 10.9 Å². The highest BCUT2D eigenvalue weighted by Gasteiger charge is 2.28. The molecule has 0 aliphatic rings. The van der Waals surface area contributed by atoms with Crippen LogP contribution >= 0.6 is 0 Å². The number of esters is 2. The van der Waals surface area contributed by atoms with Crippen LogP contribution in [-0.2, 0) is 25.5 Å². The molecule has 198 valence electrons. The van der Waals surface area contributed by atoms with E-state index in [9.17, 15) is 36.3 Å². The number of carbonyl (C=O) groups excluding carboxylic acids is 2. The Morgan fingerprint density at radius 1 is 0.892 bits per heavy atom. The number of halogens is 5. The van der Waals surface area contributed by atoms with Crippen molar-refractivity contribution >= 4 is 22.9 Å². The highest BCUT2D eigenvalue weighted by Crippen LogP contribution is 2.30. The van der Waals surface area contributed by atoms with Crippen LogP contribution in [0, 0.1) is 36.0 Å². The summed E-state index contributed by atoms with van der Waals surface area (Å²) in [5.74, 6) is -15.1. The summed E-state index contributed by atoms with van der Waals surface area (Å²) < 4.78 is 92.0. The number of ether oxygens (including phenoxy) is 4. The molecule has 8 nitrogen and oxygen atoms in total. The number of rotatable bonds is 10. The molecule has 0 N–H and O–H groups in total. The van der Waals surface area contributed by atoms with E-state index in [2.05, 4.69) is 4.74 Å². The molecule has 0 amide bonds. The standard InChI is InChI=1S/C24H19F5O8/c1-11-7-17(31)37-15-9-14(12(8-13(11)15)3-4-16(30)34-6-5-33-2)36-18(32)10-35-24-22(28)20(26)19(25)21(27)23(24)29/h7-9H,3-6,10H2,1-2H3.